The number of nitrogens with two attached hydrogens (primary N) is 2. The van der Waals surface area contributed by atoms with E-state index in [1.807, 2.05) is 36.4 Å². The SMILES string of the molecule is CCCCC[C@H](N)N(C(=O)Nc1ccc(OCc2ccccc2)cc1)[C@@H](C(N)=O)c1ccccc1. The van der Waals surface area contributed by atoms with Gasteiger partial charge in [0.15, 0.2) is 0 Å². The van der Waals surface area contributed by atoms with Crippen molar-refractivity contribution in [3.8, 4) is 5.75 Å². The van der Waals surface area contributed by atoms with Crippen LogP contribution in [0.3, 0.4) is 0 Å². The minimum Gasteiger partial charge on any atom is -0.489 e. The van der Waals surface area contributed by atoms with Crippen LogP contribution in [0, 0.1) is 0 Å². The molecule has 0 spiro atoms. The van der Waals surface area contributed by atoms with E-state index in [9.17, 15) is 9.59 Å². The summed E-state index contributed by atoms with van der Waals surface area (Å²) in [5.74, 6) is 0.0428. The predicted octanol–water partition coefficient (Wildman–Crippen LogP) is 5.19. The van der Waals surface area contributed by atoms with Crippen molar-refractivity contribution in [3.05, 3.63) is 96.1 Å². The molecule has 3 aromatic carbocycles. The van der Waals surface area contributed by atoms with Gasteiger partial charge < -0.3 is 21.5 Å². The molecule has 0 saturated carbocycles. The summed E-state index contributed by atoms with van der Waals surface area (Å²) in [6.45, 7) is 2.55. The molecule has 3 aromatic rings. The first-order chi connectivity index (χ1) is 17.0. The minimum atomic E-state index is -0.985. The topological polar surface area (TPSA) is 111 Å². The molecule has 184 valence electrons. The van der Waals surface area contributed by atoms with E-state index in [4.69, 9.17) is 16.2 Å². The highest BCUT2D eigenvalue weighted by atomic mass is 16.5. The molecule has 35 heavy (non-hydrogen) atoms. The molecule has 5 N–H and O–H groups in total. The summed E-state index contributed by atoms with van der Waals surface area (Å²) >= 11 is 0. The molecule has 0 radical (unpaired) electrons. The number of carbonyl (C=O) groups is 2. The van der Waals surface area contributed by atoms with E-state index in [1.165, 1.54) is 4.90 Å². The molecule has 0 saturated heterocycles. The summed E-state index contributed by atoms with van der Waals surface area (Å²) in [6, 6.07) is 24.5. The van der Waals surface area contributed by atoms with E-state index in [-0.39, 0.29) is 0 Å². The van der Waals surface area contributed by atoms with E-state index in [2.05, 4.69) is 12.2 Å². The van der Waals surface area contributed by atoms with Gasteiger partial charge in [-0.2, -0.15) is 0 Å². The third kappa shape index (κ3) is 7.58. The van der Waals surface area contributed by atoms with E-state index >= 15 is 0 Å². The van der Waals surface area contributed by atoms with Gasteiger partial charge in [-0.05, 0) is 41.8 Å². The number of urea groups is 1. The zero-order chi connectivity index (χ0) is 25.0. The van der Waals surface area contributed by atoms with Gasteiger partial charge >= 0.3 is 6.03 Å². The molecule has 0 aliphatic heterocycles. The van der Waals surface area contributed by atoms with Crippen molar-refractivity contribution < 1.29 is 14.3 Å². The summed E-state index contributed by atoms with van der Waals surface area (Å²) in [6.07, 6.45) is 2.74. The van der Waals surface area contributed by atoms with Gasteiger partial charge in [0, 0.05) is 5.69 Å². The smallest absolute Gasteiger partial charge is 0.324 e. The average Bonchev–Trinajstić information content (AvgIpc) is 2.87. The average molecular weight is 475 g/mol. The molecule has 7 nitrogen and oxygen atoms in total. The number of benzene rings is 3. The van der Waals surface area contributed by atoms with Crippen LogP contribution in [0.4, 0.5) is 10.5 Å². The first kappa shape index (κ1) is 25.8. The third-order valence-corrected chi connectivity index (χ3v) is 5.71. The van der Waals surface area contributed by atoms with Crippen LogP contribution in [0.1, 0.15) is 49.8 Å². The second kappa shape index (κ2) is 13.2. The lowest BCUT2D eigenvalue weighted by Crippen LogP contribution is -2.53. The Morgan fingerprint density at radius 2 is 1.54 bits per heavy atom. The second-order valence-corrected chi connectivity index (χ2v) is 8.41. The lowest BCUT2D eigenvalue weighted by molar-refractivity contribution is -0.123. The molecule has 0 aliphatic rings. The maximum absolute atomic E-state index is 13.4. The van der Waals surface area contributed by atoms with Crippen LogP contribution in [-0.2, 0) is 11.4 Å². The van der Waals surface area contributed by atoms with Crippen molar-refractivity contribution in [2.24, 2.45) is 11.5 Å². The fourth-order valence-electron chi connectivity index (χ4n) is 3.86. The molecule has 0 unspecified atom stereocenters. The number of hydrogen-bond donors (Lipinski definition) is 3. The predicted molar refractivity (Wildman–Crippen MR) is 139 cm³/mol. The molecule has 7 heteroatoms. The Bertz CT molecular complexity index is 1060. The Hall–Kier alpha value is -3.84. The summed E-state index contributed by atoms with van der Waals surface area (Å²) < 4.78 is 5.82. The number of unbranched alkanes of at least 4 members (excludes halogenated alkanes) is 2. The Labute approximate surface area is 207 Å². The van der Waals surface area contributed by atoms with Crippen molar-refractivity contribution in [2.45, 2.75) is 51.4 Å². The van der Waals surface area contributed by atoms with Crippen LogP contribution in [0.2, 0.25) is 0 Å². The standard InChI is InChI=1S/C28H34N4O3/c1-2-3-6-15-25(29)32(26(27(30)33)22-13-9-5-10-14-22)28(34)31-23-16-18-24(19-17-23)35-20-21-11-7-4-8-12-21/h4-5,7-14,16-19,25-26H,2-3,6,15,20,29H2,1H3,(H2,30,33)(H,31,34)/t25-,26-/m1/s1. The fourth-order valence-corrected chi connectivity index (χ4v) is 3.86. The van der Waals surface area contributed by atoms with Crippen molar-refractivity contribution in [3.63, 3.8) is 0 Å². The maximum atomic E-state index is 13.4. The summed E-state index contributed by atoms with van der Waals surface area (Å²) in [5.41, 5.74) is 14.4. The van der Waals surface area contributed by atoms with Gasteiger partial charge in [-0.3, -0.25) is 9.69 Å². The number of anilines is 1. The molecular weight excluding hydrogens is 440 g/mol. The van der Waals surface area contributed by atoms with Crippen molar-refractivity contribution in [2.75, 3.05) is 5.32 Å². The van der Waals surface area contributed by atoms with E-state index in [0.717, 1.165) is 24.8 Å². The first-order valence-electron chi connectivity index (χ1n) is 12.0. The molecular formula is C28H34N4O3. The van der Waals surface area contributed by atoms with Gasteiger partial charge in [0.25, 0.3) is 0 Å². The number of ether oxygens (including phenoxy) is 1. The number of hydrogen-bond acceptors (Lipinski definition) is 4. The molecule has 0 fully saturated rings. The summed E-state index contributed by atoms with van der Waals surface area (Å²) in [7, 11) is 0. The monoisotopic (exact) mass is 474 g/mol. The molecule has 3 rings (SSSR count). The largest absolute Gasteiger partial charge is 0.489 e. The minimum absolute atomic E-state index is 0.449. The molecule has 0 bridgehead atoms. The Kier molecular flexibility index (Phi) is 9.69. The third-order valence-electron chi connectivity index (χ3n) is 5.71. The van der Waals surface area contributed by atoms with Crippen LogP contribution in [0.25, 0.3) is 0 Å². The van der Waals surface area contributed by atoms with E-state index in [1.54, 1.807) is 48.5 Å². The highest BCUT2D eigenvalue weighted by Gasteiger charge is 2.33. The molecule has 0 aromatic heterocycles. The van der Waals surface area contributed by atoms with Gasteiger partial charge in [0.1, 0.15) is 18.4 Å². The van der Waals surface area contributed by atoms with Gasteiger partial charge in [-0.25, -0.2) is 4.79 Å². The number of amides is 3. The molecule has 0 heterocycles. The second-order valence-electron chi connectivity index (χ2n) is 8.41. The van der Waals surface area contributed by atoms with Crippen LogP contribution in [0.5, 0.6) is 5.75 Å². The summed E-state index contributed by atoms with van der Waals surface area (Å²) in [4.78, 5) is 27.2. The van der Waals surface area contributed by atoms with Crippen molar-refractivity contribution in [1.29, 1.82) is 0 Å². The van der Waals surface area contributed by atoms with Gasteiger partial charge in [-0.1, -0.05) is 86.8 Å². The van der Waals surface area contributed by atoms with Gasteiger partial charge in [0.05, 0.1) is 6.17 Å². The highest BCUT2D eigenvalue weighted by molar-refractivity contribution is 5.94. The molecule has 3 amide bonds. The van der Waals surface area contributed by atoms with Crippen LogP contribution in [0.15, 0.2) is 84.9 Å². The number of nitrogens with zero attached hydrogens (tertiary/aromatic N) is 1. The highest BCUT2D eigenvalue weighted by Crippen LogP contribution is 2.25. The van der Waals surface area contributed by atoms with Gasteiger partial charge in [0.2, 0.25) is 5.91 Å². The summed E-state index contributed by atoms with van der Waals surface area (Å²) in [5, 5.41) is 2.86. The van der Waals surface area contributed by atoms with Crippen molar-refractivity contribution >= 4 is 17.6 Å². The first-order valence-corrected chi connectivity index (χ1v) is 12.0. The normalized spacial score (nSPS) is 12.4. The quantitative estimate of drug-likeness (QED) is 0.248. The number of nitrogens with one attached hydrogen (secondary N) is 1. The van der Waals surface area contributed by atoms with E-state index in [0.29, 0.717) is 30.0 Å². The Morgan fingerprint density at radius 3 is 2.14 bits per heavy atom. The Balaban J connectivity index is 1.74. The zero-order valence-corrected chi connectivity index (χ0v) is 20.1. The van der Waals surface area contributed by atoms with Gasteiger partial charge in [-0.15, -0.1) is 0 Å². The zero-order valence-electron chi connectivity index (χ0n) is 20.1. The lowest BCUT2D eigenvalue weighted by atomic mass is 10.0. The van der Waals surface area contributed by atoms with E-state index < -0.39 is 24.1 Å². The number of carbonyl (C=O) groups excluding carboxylic acids is 2. The van der Waals surface area contributed by atoms with Crippen LogP contribution >= 0.6 is 0 Å². The number of primary amides is 1. The number of rotatable bonds is 12. The fraction of sp³-hybridized carbons (Fsp3) is 0.286. The Morgan fingerprint density at radius 1 is 0.914 bits per heavy atom. The lowest BCUT2D eigenvalue weighted by Gasteiger charge is -2.35. The van der Waals surface area contributed by atoms with Crippen LogP contribution < -0.4 is 21.5 Å². The molecule has 2 atom stereocenters. The van der Waals surface area contributed by atoms with Crippen molar-refractivity contribution in [1.82, 2.24) is 4.90 Å². The van der Waals surface area contributed by atoms with Crippen LogP contribution in [-0.4, -0.2) is 23.0 Å². The molecule has 0 aliphatic carbocycles. The maximum Gasteiger partial charge on any atom is 0.324 e.